The molecule has 1 aromatic carbocycles. The van der Waals surface area contributed by atoms with Crippen LogP contribution in [0.1, 0.15) is 30.6 Å². The number of rotatable bonds is 7. The van der Waals surface area contributed by atoms with Gasteiger partial charge in [0.2, 0.25) is 5.91 Å². The highest BCUT2D eigenvalue weighted by Gasteiger charge is 2.34. The molecular weight excluding hydrogens is 361 g/mol. The molecule has 3 rings (SSSR count). The lowest BCUT2D eigenvalue weighted by atomic mass is 10.1. The molecule has 25 heavy (non-hydrogen) atoms. The van der Waals surface area contributed by atoms with E-state index in [0.29, 0.717) is 11.5 Å². The third-order valence-electron chi connectivity index (χ3n) is 4.60. The quantitative estimate of drug-likeness (QED) is 0.798. The van der Waals surface area contributed by atoms with Crippen molar-refractivity contribution in [3.63, 3.8) is 0 Å². The first kappa shape index (κ1) is 18.1. The molecule has 1 N–H and O–H groups in total. The molecule has 2 atom stereocenters. The molecule has 0 spiro atoms. The van der Waals surface area contributed by atoms with Gasteiger partial charge in [-0.25, -0.2) is 12.8 Å². The van der Waals surface area contributed by atoms with E-state index in [9.17, 15) is 17.6 Å². The van der Waals surface area contributed by atoms with Gasteiger partial charge in [0, 0.05) is 12.5 Å². The maximum Gasteiger partial charge on any atom is 0.223 e. The first-order valence-corrected chi connectivity index (χ1v) is 10.6. The van der Waals surface area contributed by atoms with Gasteiger partial charge in [0.1, 0.15) is 15.3 Å². The molecule has 134 valence electrons. The van der Waals surface area contributed by atoms with Gasteiger partial charge in [-0.3, -0.25) is 4.79 Å². The molecule has 1 fully saturated rings. The van der Waals surface area contributed by atoms with Crippen LogP contribution in [-0.4, -0.2) is 20.9 Å². The summed E-state index contributed by atoms with van der Waals surface area (Å²) in [6.45, 7) is 1.84. The van der Waals surface area contributed by atoms with Crippen LogP contribution in [0.5, 0.6) is 0 Å². The SMILES string of the molecule is CC(C(=O)NCC(c1ccc(F)cc1)S(=O)(=O)c1cccs1)C1CC1. The molecule has 0 aliphatic heterocycles. The molecule has 1 amide bonds. The lowest BCUT2D eigenvalue weighted by molar-refractivity contribution is -0.125. The van der Waals surface area contributed by atoms with E-state index in [1.165, 1.54) is 24.3 Å². The van der Waals surface area contributed by atoms with Crippen molar-refractivity contribution in [3.8, 4) is 0 Å². The maximum atomic E-state index is 13.2. The van der Waals surface area contributed by atoms with Crippen LogP contribution in [0.25, 0.3) is 0 Å². The van der Waals surface area contributed by atoms with E-state index < -0.39 is 20.9 Å². The van der Waals surface area contributed by atoms with Gasteiger partial charge in [0.15, 0.2) is 9.84 Å². The molecule has 1 saturated carbocycles. The Morgan fingerprint density at radius 2 is 1.96 bits per heavy atom. The van der Waals surface area contributed by atoms with Crippen LogP contribution in [0.15, 0.2) is 46.0 Å². The van der Waals surface area contributed by atoms with Crippen molar-refractivity contribution < 1.29 is 17.6 Å². The second-order valence-corrected chi connectivity index (χ2v) is 9.69. The Labute approximate surface area is 151 Å². The summed E-state index contributed by atoms with van der Waals surface area (Å²) in [5.74, 6) is -0.269. The van der Waals surface area contributed by atoms with Crippen molar-refractivity contribution in [2.75, 3.05) is 6.54 Å². The number of amides is 1. The second kappa shape index (κ2) is 7.25. The highest BCUT2D eigenvalue weighted by atomic mass is 32.2. The number of thiophene rings is 1. The molecular formula is C18H20FNO3S2. The largest absolute Gasteiger partial charge is 0.354 e. The fourth-order valence-corrected chi connectivity index (χ4v) is 5.68. The van der Waals surface area contributed by atoms with Gasteiger partial charge in [0.05, 0.1) is 0 Å². The highest BCUT2D eigenvalue weighted by Crippen LogP contribution is 2.37. The van der Waals surface area contributed by atoms with E-state index in [0.717, 1.165) is 24.2 Å². The molecule has 0 saturated heterocycles. The van der Waals surface area contributed by atoms with Gasteiger partial charge in [-0.1, -0.05) is 25.1 Å². The zero-order valence-electron chi connectivity index (χ0n) is 13.8. The Balaban J connectivity index is 1.84. The lowest BCUT2D eigenvalue weighted by Gasteiger charge is -2.19. The molecule has 2 aromatic rings. The van der Waals surface area contributed by atoms with Crippen molar-refractivity contribution in [2.24, 2.45) is 11.8 Å². The van der Waals surface area contributed by atoms with Gasteiger partial charge in [-0.05, 0) is 47.9 Å². The van der Waals surface area contributed by atoms with Crippen molar-refractivity contribution in [2.45, 2.75) is 29.2 Å². The van der Waals surface area contributed by atoms with Crippen LogP contribution in [0.3, 0.4) is 0 Å². The Bertz CT molecular complexity index is 828. The molecule has 0 radical (unpaired) electrons. The second-order valence-electron chi connectivity index (χ2n) is 6.39. The van der Waals surface area contributed by atoms with E-state index in [1.807, 2.05) is 6.92 Å². The third kappa shape index (κ3) is 4.10. The predicted molar refractivity (Wildman–Crippen MR) is 95.5 cm³/mol. The number of halogens is 1. The molecule has 7 heteroatoms. The standard InChI is InChI=1S/C18H20FNO3S2/c1-12(13-4-5-13)18(21)20-11-16(14-6-8-15(19)9-7-14)25(22,23)17-3-2-10-24-17/h2-3,6-10,12-13,16H,4-5,11H2,1H3,(H,20,21). The summed E-state index contributed by atoms with van der Waals surface area (Å²) in [5.41, 5.74) is 0.467. The molecule has 1 aliphatic carbocycles. The van der Waals surface area contributed by atoms with Crippen LogP contribution in [0.4, 0.5) is 4.39 Å². The van der Waals surface area contributed by atoms with Crippen LogP contribution >= 0.6 is 11.3 Å². The zero-order chi connectivity index (χ0) is 18.0. The molecule has 1 aliphatic rings. The first-order chi connectivity index (χ1) is 11.9. The molecule has 1 aromatic heterocycles. The van der Waals surface area contributed by atoms with Gasteiger partial charge in [-0.2, -0.15) is 0 Å². The van der Waals surface area contributed by atoms with Crippen LogP contribution in [0.2, 0.25) is 0 Å². The molecule has 0 bridgehead atoms. The minimum absolute atomic E-state index is 0.0260. The van der Waals surface area contributed by atoms with Crippen molar-refractivity contribution in [1.29, 1.82) is 0 Å². The number of carbonyl (C=O) groups is 1. The van der Waals surface area contributed by atoms with E-state index in [4.69, 9.17) is 0 Å². The summed E-state index contributed by atoms with van der Waals surface area (Å²) in [6.07, 6.45) is 2.09. The van der Waals surface area contributed by atoms with E-state index in [-0.39, 0.29) is 22.6 Å². The Hall–Kier alpha value is -1.73. The summed E-state index contributed by atoms with van der Waals surface area (Å²) in [5, 5.41) is 3.53. The van der Waals surface area contributed by atoms with E-state index >= 15 is 0 Å². The fourth-order valence-electron chi connectivity index (χ4n) is 2.81. The summed E-state index contributed by atoms with van der Waals surface area (Å²) in [7, 11) is -3.67. The fraction of sp³-hybridized carbons (Fsp3) is 0.389. The summed E-state index contributed by atoms with van der Waals surface area (Å²) < 4.78 is 39.4. The van der Waals surface area contributed by atoms with Crippen molar-refractivity contribution >= 4 is 27.1 Å². The summed E-state index contributed by atoms with van der Waals surface area (Å²) >= 11 is 1.14. The summed E-state index contributed by atoms with van der Waals surface area (Å²) in [4.78, 5) is 12.3. The number of nitrogens with one attached hydrogen (secondary N) is 1. The van der Waals surface area contributed by atoms with Gasteiger partial charge < -0.3 is 5.32 Å². The lowest BCUT2D eigenvalue weighted by Crippen LogP contribution is -2.35. The zero-order valence-corrected chi connectivity index (χ0v) is 15.4. The Kier molecular flexibility index (Phi) is 5.24. The van der Waals surface area contributed by atoms with Crippen molar-refractivity contribution in [3.05, 3.63) is 53.2 Å². The Morgan fingerprint density at radius 3 is 2.52 bits per heavy atom. The van der Waals surface area contributed by atoms with Crippen molar-refractivity contribution in [1.82, 2.24) is 5.32 Å². The predicted octanol–water partition coefficient (Wildman–Crippen LogP) is 3.56. The monoisotopic (exact) mass is 381 g/mol. The molecule has 2 unspecified atom stereocenters. The van der Waals surface area contributed by atoms with Crippen LogP contribution in [0, 0.1) is 17.7 Å². The van der Waals surface area contributed by atoms with Crippen LogP contribution in [-0.2, 0) is 14.6 Å². The number of hydrogen-bond donors (Lipinski definition) is 1. The minimum Gasteiger partial charge on any atom is -0.354 e. The van der Waals surface area contributed by atoms with E-state index in [2.05, 4.69) is 5.32 Å². The number of hydrogen-bond acceptors (Lipinski definition) is 4. The summed E-state index contributed by atoms with van der Waals surface area (Å²) in [6, 6.07) is 8.61. The van der Waals surface area contributed by atoms with Gasteiger partial charge >= 0.3 is 0 Å². The van der Waals surface area contributed by atoms with Gasteiger partial charge in [0.25, 0.3) is 0 Å². The normalized spacial score (nSPS) is 17.0. The average Bonchev–Trinajstić information content (AvgIpc) is 3.28. The van der Waals surface area contributed by atoms with E-state index in [1.54, 1.807) is 17.5 Å². The molecule has 4 nitrogen and oxygen atoms in total. The number of benzene rings is 1. The first-order valence-electron chi connectivity index (χ1n) is 8.20. The smallest absolute Gasteiger partial charge is 0.223 e. The maximum absolute atomic E-state index is 13.2. The highest BCUT2D eigenvalue weighted by molar-refractivity contribution is 7.93. The Morgan fingerprint density at radius 1 is 1.28 bits per heavy atom. The molecule has 1 heterocycles. The topological polar surface area (TPSA) is 63.2 Å². The van der Waals surface area contributed by atoms with Crippen LogP contribution < -0.4 is 5.32 Å². The third-order valence-corrected chi connectivity index (χ3v) is 8.13. The van der Waals surface area contributed by atoms with Gasteiger partial charge in [-0.15, -0.1) is 11.3 Å². The minimum atomic E-state index is -3.67. The number of carbonyl (C=O) groups excluding carboxylic acids is 1. The number of sulfone groups is 1. The average molecular weight is 381 g/mol.